The molecule has 0 aromatic heterocycles. The summed E-state index contributed by atoms with van der Waals surface area (Å²) in [6.07, 6.45) is 1.38. The molecule has 0 aliphatic heterocycles. The highest BCUT2D eigenvalue weighted by Gasteiger charge is 2.52. The van der Waals surface area contributed by atoms with Gasteiger partial charge in [0.2, 0.25) is 0 Å². The fourth-order valence-electron chi connectivity index (χ4n) is 4.26. The van der Waals surface area contributed by atoms with Crippen molar-refractivity contribution in [2.75, 3.05) is 0 Å². The van der Waals surface area contributed by atoms with Crippen molar-refractivity contribution in [3.63, 3.8) is 0 Å². The second-order valence-electron chi connectivity index (χ2n) is 7.54. The molecule has 2 aliphatic carbocycles. The van der Waals surface area contributed by atoms with E-state index in [0.717, 1.165) is 5.56 Å². The van der Waals surface area contributed by atoms with Crippen LogP contribution in [-0.4, -0.2) is 36.9 Å². The fourth-order valence-corrected chi connectivity index (χ4v) is 5.47. The van der Waals surface area contributed by atoms with Crippen molar-refractivity contribution in [3.8, 4) is 0 Å². The van der Waals surface area contributed by atoms with Crippen LogP contribution < -0.4 is 0 Å². The van der Waals surface area contributed by atoms with Gasteiger partial charge in [-0.3, -0.25) is 4.18 Å². The summed E-state index contributed by atoms with van der Waals surface area (Å²) in [6.45, 7) is 3.89. The zero-order valence-electron chi connectivity index (χ0n) is 14.2. The van der Waals surface area contributed by atoms with E-state index in [1.54, 1.807) is 24.3 Å². The molecule has 0 spiro atoms. The first-order chi connectivity index (χ1) is 11.2. The Bertz CT molecular complexity index is 684. The van der Waals surface area contributed by atoms with Gasteiger partial charge in [0, 0.05) is 5.41 Å². The van der Waals surface area contributed by atoms with E-state index in [9.17, 15) is 18.6 Å². The van der Waals surface area contributed by atoms with Crippen molar-refractivity contribution < 1.29 is 22.8 Å². The van der Waals surface area contributed by atoms with Crippen LogP contribution in [0.2, 0.25) is 0 Å². The molecule has 0 amide bonds. The SMILES string of the molecule is Cc1ccc(S(=O)(=O)O[C@H]2CCC(O)[C@H]3CC(O)CC[C@]23C)cc1. The quantitative estimate of drug-likeness (QED) is 0.814. The Morgan fingerprint density at radius 3 is 2.46 bits per heavy atom. The van der Waals surface area contributed by atoms with Crippen molar-refractivity contribution in [1.82, 2.24) is 0 Å². The van der Waals surface area contributed by atoms with Crippen LogP contribution in [0, 0.1) is 18.3 Å². The summed E-state index contributed by atoms with van der Waals surface area (Å²) < 4.78 is 30.9. The Kier molecular flexibility index (Phi) is 4.77. The molecule has 0 heterocycles. The number of fused-ring (bicyclic) bond motifs is 1. The number of rotatable bonds is 3. The van der Waals surface area contributed by atoms with Gasteiger partial charge in [0.05, 0.1) is 23.2 Å². The minimum atomic E-state index is -3.84. The maximum absolute atomic E-state index is 12.6. The molecule has 2 fully saturated rings. The maximum atomic E-state index is 12.6. The van der Waals surface area contributed by atoms with Crippen LogP contribution in [0.5, 0.6) is 0 Å². The summed E-state index contributed by atoms with van der Waals surface area (Å²) in [4.78, 5) is 0.162. The molecular formula is C18H26O5S. The van der Waals surface area contributed by atoms with E-state index in [1.165, 1.54) is 0 Å². The highest BCUT2D eigenvalue weighted by atomic mass is 32.2. The minimum Gasteiger partial charge on any atom is -0.393 e. The van der Waals surface area contributed by atoms with Crippen molar-refractivity contribution in [1.29, 1.82) is 0 Å². The zero-order valence-corrected chi connectivity index (χ0v) is 15.0. The number of hydrogen-bond acceptors (Lipinski definition) is 5. The van der Waals surface area contributed by atoms with Gasteiger partial charge < -0.3 is 10.2 Å². The molecule has 0 saturated heterocycles. The lowest BCUT2D eigenvalue weighted by atomic mass is 9.57. The van der Waals surface area contributed by atoms with Gasteiger partial charge >= 0.3 is 0 Å². The van der Waals surface area contributed by atoms with Crippen LogP contribution in [0.3, 0.4) is 0 Å². The molecule has 0 radical (unpaired) electrons. The Labute approximate surface area is 143 Å². The molecule has 3 rings (SSSR count). The first-order valence-electron chi connectivity index (χ1n) is 8.58. The second-order valence-corrected chi connectivity index (χ2v) is 9.11. The van der Waals surface area contributed by atoms with Crippen LogP contribution >= 0.6 is 0 Å². The third-order valence-electron chi connectivity index (χ3n) is 5.87. The highest BCUT2D eigenvalue weighted by molar-refractivity contribution is 7.86. The van der Waals surface area contributed by atoms with E-state index < -0.39 is 33.8 Å². The van der Waals surface area contributed by atoms with E-state index in [-0.39, 0.29) is 10.8 Å². The van der Waals surface area contributed by atoms with E-state index in [1.807, 2.05) is 13.8 Å². The lowest BCUT2D eigenvalue weighted by Gasteiger charge is -2.52. The molecule has 24 heavy (non-hydrogen) atoms. The summed E-state index contributed by atoms with van der Waals surface area (Å²) in [6, 6.07) is 6.63. The molecule has 2 unspecified atom stereocenters. The topological polar surface area (TPSA) is 83.8 Å². The first-order valence-corrected chi connectivity index (χ1v) is 9.99. The number of aliphatic hydroxyl groups excluding tert-OH is 2. The molecule has 134 valence electrons. The molecule has 2 aliphatic rings. The molecule has 0 bridgehead atoms. The molecule has 5 atom stereocenters. The fraction of sp³-hybridized carbons (Fsp3) is 0.667. The van der Waals surface area contributed by atoms with Gasteiger partial charge in [0.1, 0.15) is 0 Å². The predicted molar refractivity (Wildman–Crippen MR) is 89.9 cm³/mol. The summed E-state index contributed by atoms with van der Waals surface area (Å²) in [7, 11) is -3.84. The van der Waals surface area contributed by atoms with Gasteiger partial charge in [-0.1, -0.05) is 24.6 Å². The second kappa shape index (κ2) is 6.41. The summed E-state index contributed by atoms with van der Waals surface area (Å²) in [5, 5.41) is 20.3. The zero-order chi connectivity index (χ0) is 17.5. The Morgan fingerprint density at radius 2 is 1.79 bits per heavy atom. The van der Waals surface area contributed by atoms with Gasteiger partial charge in [-0.15, -0.1) is 0 Å². The molecule has 1 aromatic carbocycles. The van der Waals surface area contributed by atoms with E-state index >= 15 is 0 Å². The van der Waals surface area contributed by atoms with Gasteiger partial charge in [-0.2, -0.15) is 8.42 Å². The highest BCUT2D eigenvalue weighted by Crippen LogP contribution is 2.52. The van der Waals surface area contributed by atoms with E-state index in [0.29, 0.717) is 32.1 Å². The van der Waals surface area contributed by atoms with Crippen molar-refractivity contribution in [2.45, 2.75) is 69.2 Å². The molecule has 2 N–H and O–H groups in total. The number of benzene rings is 1. The number of aryl methyl sites for hydroxylation is 1. The average molecular weight is 354 g/mol. The molecule has 5 nitrogen and oxygen atoms in total. The van der Waals surface area contributed by atoms with Crippen molar-refractivity contribution in [3.05, 3.63) is 29.8 Å². The first kappa shape index (κ1) is 17.9. The van der Waals surface area contributed by atoms with Crippen LogP contribution in [-0.2, 0) is 14.3 Å². The monoisotopic (exact) mass is 354 g/mol. The molecule has 1 aromatic rings. The Balaban J connectivity index is 1.84. The molecule has 6 heteroatoms. The van der Waals surface area contributed by atoms with E-state index in [4.69, 9.17) is 4.18 Å². The Hall–Kier alpha value is -0.950. The molecule has 2 saturated carbocycles. The van der Waals surface area contributed by atoms with Crippen LogP contribution in [0.1, 0.15) is 44.6 Å². The van der Waals surface area contributed by atoms with Crippen molar-refractivity contribution in [2.24, 2.45) is 11.3 Å². The normalized spacial score (nSPS) is 37.0. The minimum absolute atomic E-state index is 0.131. The molecular weight excluding hydrogens is 328 g/mol. The van der Waals surface area contributed by atoms with Crippen molar-refractivity contribution >= 4 is 10.1 Å². The summed E-state index contributed by atoms with van der Waals surface area (Å²) in [5.41, 5.74) is 0.553. The third-order valence-corrected chi connectivity index (χ3v) is 7.20. The summed E-state index contributed by atoms with van der Waals surface area (Å²) >= 11 is 0. The smallest absolute Gasteiger partial charge is 0.297 e. The largest absolute Gasteiger partial charge is 0.393 e. The maximum Gasteiger partial charge on any atom is 0.297 e. The number of hydrogen-bond donors (Lipinski definition) is 2. The standard InChI is InChI=1S/C18H26O5S/c1-12-3-5-14(6-4-12)24(21,22)23-17-8-7-16(20)15-11-13(19)9-10-18(15,17)2/h3-6,13,15-17,19-20H,7-11H2,1-2H3/t13?,15-,16?,17+,18+/m1/s1. The Morgan fingerprint density at radius 1 is 1.12 bits per heavy atom. The lowest BCUT2D eigenvalue weighted by Crippen LogP contribution is -2.54. The third kappa shape index (κ3) is 3.25. The van der Waals surface area contributed by atoms with Crippen LogP contribution in [0.25, 0.3) is 0 Å². The van der Waals surface area contributed by atoms with Gasteiger partial charge in [0.25, 0.3) is 10.1 Å². The number of aliphatic hydroxyl groups is 2. The lowest BCUT2D eigenvalue weighted by molar-refractivity contribution is -0.129. The average Bonchev–Trinajstić information content (AvgIpc) is 2.52. The van der Waals surface area contributed by atoms with E-state index in [2.05, 4.69) is 0 Å². The predicted octanol–water partition coefficient (Wildman–Crippen LogP) is 2.39. The van der Waals surface area contributed by atoms with Gasteiger partial charge in [-0.25, -0.2) is 0 Å². The van der Waals surface area contributed by atoms with Crippen LogP contribution in [0.4, 0.5) is 0 Å². The van der Waals surface area contributed by atoms with Gasteiger partial charge in [-0.05, 0) is 57.1 Å². The van der Waals surface area contributed by atoms with Crippen LogP contribution in [0.15, 0.2) is 29.2 Å². The summed E-state index contributed by atoms with van der Waals surface area (Å²) in [5.74, 6) is -0.131. The van der Waals surface area contributed by atoms with Gasteiger partial charge in [0.15, 0.2) is 0 Å².